The Morgan fingerprint density at radius 1 is 1.15 bits per heavy atom. The van der Waals surface area contributed by atoms with Crippen molar-refractivity contribution >= 4 is 50.1 Å². The van der Waals surface area contributed by atoms with Crippen LogP contribution in [0.25, 0.3) is 0 Å². The molecule has 106 valence electrons. The van der Waals surface area contributed by atoms with E-state index in [1.807, 2.05) is 0 Å². The second-order valence-electron chi connectivity index (χ2n) is 3.98. The summed E-state index contributed by atoms with van der Waals surface area (Å²) in [6.07, 6.45) is 4.33. The van der Waals surface area contributed by atoms with Crippen LogP contribution in [-0.4, -0.2) is 13.4 Å². The lowest BCUT2D eigenvalue weighted by Gasteiger charge is -2.21. The zero-order chi connectivity index (χ0) is 14.9. The number of quaternary nitrogens is 1. The molecule has 0 bridgehead atoms. The largest absolute Gasteiger partial charge is 0.623 e. The lowest BCUT2D eigenvalue weighted by atomic mass is 10.0. The van der Waals surface area contributed by atoms with E-state index in [1.54, 1.807) is 18.2 Å². The summed E-state index contributed by atoms with van der Waals surface area (Å²) in [6, 6.07) is 3.12. The quantitative estimate of drug-likeness (QED) is 0.503. The van der Waals surface area contributed by atoms with Crippen LogP contribution in [0.15, 0.2) is 36.1 Å². The van der Waals surface area contributed by atoms with Gasteiger partial charge in [0.2, 0.25) is 0 Å². The van der Waals surface area contributed by atoms with Gasteiger partial charge in [-0.1, -0.05) is 34.8 Å². The number of benzene rings is 1. The molecule has 2 rings (SSSR count). The zero-order valence-corrected chi connectivity index (χ0v) is 12.9. The Morgan fingerprint density at radius 3 is 2.45 bits per heavy atom. The van der Waals surface area contributed by atoms with Crippen LogP contribution < -0.4 is 5.06 Å². The van der Waals surface area contributed by atoms with Crippen molar-refractivity contribution < 1.29 is 13.5 Å². The van der Waals surface area contributed by atoms with Gasteiger partial charge in [0.15, 0.2) is 0 Å². The van der Waals surface area contributed by atoms with Crippen LogP contribution in [0.2, 0.25) is 15.1 Å². The predicted octanol–water partition coefficient (Wildman–Crippen LogP) is 2.03. The molecule has 0 aliphatic carbocycles. The number of allylic oxidation sites excluding steroid dienone is 2. The molecular formula is C12H8Cl3NO3S. The molecule has 1 aliphatic heterocycles. The van der Waals surface area contributed by atoms with Crippen LogP contribution >= 0.6 is 34.8 Å². The Labute approximate surface area is 132 Å². The van der Waals surface area contributed by atoms with Crippen LogP contribution in [0, 0.1) is 5.21 Å². The molecule has 1 aromatic carbocycles. The summed E-state index contributed by atoms with van der Waals surface area (Å²) >= 11 is 18.0. The Bertz CT molecular complexity index is 745. The first-order chi connectivity index (χ1) is 9.41. The summed E-state index contributed by atoms with van der Waals surface area (Å²) in [5, 5.41) is 12.0. The first kappa shape index (κ1) is 15.6. The number of nitrogens with one attached hydrogen (secondary N) is 1. The van der Waals surface area contributed by atoms with Crippen LogP contribution in [0.5, 0.6) is 0 Å². The van der Waals surface area contributed by atoms with Gasteiger partial charge < -0.3 is 10.3 Å². The summed E-state index contributed by atoms with van der Waals surface area (Å²) in [7, 11) is -2.63. The molecule has 0 spiro atoms. The van der Waals surface area contributed by atoms with E-state index in [9.17, 15) is 13.6 Å². The highest BCUT2D eigenvalue weighted by molar-refractivity contribution is 7.72. The number of hydroxylamine groups is 2. The van der Waals surface area contributed by atoms with Crippen molar-refractivity contribution in [2.45, 2.75) is 6.42 Å². The van der Waals surface area contributed by atoms with Crippen molar-refractivity contribution in [3.63, 3.8) is 0 Å². The van der Waals surface area contributed by atoms with E-state index >= 15 is 0 Å². The molecule has 4 nitrogen and oxygen atoms in total. The lowest BCUT2D eigenvalue weighted by Crippen LogP contribution is -3.06. The van der Waals surface area contributed by atoms with Crippen LogP contribution in [0.1, 0.15) is 5.56 Å². The van der Waals surface area contributed by atoms with Gasteiger partial charge in [-0.05, 0) is 29.8 Å². The van der Waals surface area contributed by atoms with E-state index in [1.165, 1.54) is 12.3 Å². The molecule has 1 heterocycles. The molecule has 0 saturated heterocycles. The first-order valence-corrected chi connectivity index (χ1v) is 7.63. The Hall–Kier alpha value is -0.820. The monoisotopic (exact) mass is 351 g/mol. The number of hydrogen-bond acceptors (Lipinski definition) is 3. The van der Waals surface area contributed by atoms with Crippen molar-refractivity contribution in [3.05, 3.63) is 61.9 Å². The fourth-order valence-corrected chi connectivity index (χ4v) is 3.08. The molecule has 1 N–H and O–H groups in total. The maximum Gasteiger partial charge on any atom is 0.277 e. The first-order valence-electron chi connectivity index (χ1n) is 5.42. The average Bonchev–Trinajstić information content (AvgIpc) is 2.39. The third kappa shape index (κ3) is 3.09. The summed E-state index contributed by atoms with van der Waals surface area (Å²) < 4.78 is 22.4. The van der Waals surface area contributed by atoms with E-state index in [2.05, 4.69) is 0 Å². The molecule has 1 aromatic rings. The minimum atomic E-state index is -2.63. The summed E-state index contributed by atoms with van der Waals surface area (Å²) in [6.45, 7) is 0. The predicted molar refractivity (Wildman–Crippen MR) is 80.7 cm³/mol. The topological polar surface area (TPSA) is 61.6 Å². The Kier molecular flexibility index (Phi) is 4.90. The van der Waals surface area contributed by atoms with Crippen molar-refractivity contribution in [1.82, 2.24) is 0 Å². The van der Waals surface area contributed by atoms with Gasteiger partial charge >= 0.3 is 0 Å². The van der Waals surface area contributed by atoms with Gasteiger partial charge in [0.1, 0.15) is 6.20 Å². The van der Waals surface area contributed by atoms with Crippen LogP contribution in [0.3, 0.4) is 0 Å². The minimum absolute atomic E-state index is 0.109. The molecule has 8 heteroatoms. The van der Waals surface area contributed by atoms with Gasteiger partial charge in [0.25, 0.3) is 15.3 Å². The van der Waals surface area contributed by atoms with Crippen LogP contribution in [0.4, 0.5) is 0 Å². The standard InChI is InChI=1S/C12H8Cl3NO3S/c13-9-3-4-10(14)11(15)8(9)6-7-2-1-5-16(17)12(7)20(18)19/h1-5,16H,6H2. The van der Waals surface area contributed by atoms with E-state index in [0.29, 0.717) is 21.2 Å². The van der Waals surface area contributed by atoms with Gasteiger partial charge in [0.05, 0.1) is 10.0 Å². The summed E-state index contributed by atoms with van der Waals surface area (Å²) in [5.74, 6) is 0. The lowest BCUT2D eigenvalue weighted by molar-refractivity contribution is -0.680. The maximum absolute atomic E-state index is 11.6. The minimum Gasteiger partial charge on any atom is -0.623 e. The summed E-state index contributed by atoms with van der Waals surface area (Å²) in [5.41, 5.74) is 0.815. The average molecular weight is 353 g/mol. The Balaban J connectivity index is 2.50. The van der Waals surface area contributed by atoms with Gasteiger partial charge in [-0.15, -0.1) is 0 Å². The molecule has 1 aliphatic rings. The van der Waals surface area contributed by atoms with Gasteiger partial charge in [-0.3, -0.25) is 0 Å². The SMILES string of the molecule is O=S(=O)=C1C(Cc2c(Cl)ccc(Cl)c2Cl)=CC=C[NH+]1[O-]. The highest BCUT2D eigenvalue weighted by atomic mass is 35.5. The third-order valence-corrected chi connectivity index (χ3v) is 4.73. The molecule has 1 atom stereocenters. The number of halogens is 3. The van der Waals surface area contributed by atoms with Gasteiger partial charge in [-0.2, -0.15) is 8.42 Å². The smallest absolute Gasteiger partial charge is 0.277 e. The van der Waals surface area contributed by atoms with Crippen molar-refractivity contribution in [1.29, 1.82) is 0 Å². The maximum atomic E-state index is 11.6. The molecule has 0 saturated carbocycles. The number of hydrogen-bond donors (Lipinski definition) is 1. The van der Waals surface area contributed by atoms with Crippen LogP contribution in [-0.2, 0) is 16.7 Å². The zero-order valence-electron chi connectivity index (χ0n) is 9.86. The molecule has 0 amide bonds. The molecule has 0 radical (unpaired) electrons. The third-order valence-electron chi connectivity index (χ3n) is 2.73. The fourth-order valence-electron chi connectivity index (χ4n) is 1.81. The van der Waals surface area contributed by atoms with Crippen molar-refractivity contribution in [2.24, 2.45) is 0 Å². The van der Waals surface area contributed by atoms with Gasteiger partial charge in [0, 0.05) is 17.0 Å². The van der Waals surface area contributed by atoms with Crippen molar-refractivity contribution in [3.8, 4) is 0 Å². The normalized spacial score (nSPS) is 18.1. The second kappa shape index (κ2) is 6.30. The van der Waals surface area contributed by atoms with E-state index < -0.39 is 15.4 Å². The highest BCUT2D eigenvalue weighted by Crippen LogP contribution is 2.33. The molecule has 0 aromatic heterocycles. The molecule has 20 heavy (non-hydrogen) atoms. The number of rotatable bonds is 2. The van der Waals surface area contributed by atoms with Crippen molar-refractivity contribution in [2.75, 3.05) is 0 Å². The van der Waals surface area contributed by atoms with E-state index in [-0.39, 0.29) is 16.4 Å². The molecule has 0 fully saturated rings. The molecular weight excluding hydrogens is 345 g/mol. The Morgan fingerprint density at radius 2 is 1.80 bits per heavy atom. The fraction of sp³-hybridized carbons (Fsp3) is 0.0833. The van der Waals surface area contributed by atoms with E-state index in [0.717, 1.165) is 0 Å². The molecule has 1 unspecified atom stereocenters. The highest BCUT2D eigenvalue weighted by Gasteiger charge is 2.21. The van der Waals surface area contributed by atoms with Gasteiger partial charge in [-0.25, -0.2) is 0 Å². The van der Waals surface area contributed by atoms with E-state index in [4.69, 9.17) is 34.8 Å². The second-order valence-corrected chi connectivity index (χ2v) is 6.05. The summed E-state index contributed by atoms with van der Waals surface area (Å²) in [4.78, 5) is -0.278.